The molecule has 0 aromatic rings. The highest BCUT2D eigenvalue weighted by molar-refractivity contribution is 5.77. The maximum atomic E-state index is 12.0. The first-order valence-electron chi connectivity index (χ1n) is 6.35. The fourth-order valence-corrected chi connectivity index (χ4v) is 2.49. The van der Waals surface area contributed by atoms with E-state index in [0.717, 1.165) is 13.1 Å². The highest BCUT2D eigenvalue weighted by Crippen LogP contribution is 2.22. The zero-order valence-electron chi connectivity index (χ0n) is 10.8. The van der Waals surface area contributed by atoms with Crippen molar-refractivity contribution in [3.05, 3.63) is 0 Å². The van der Waals surface area contributed by atoms with Gasteiger partial charge >= 0.3 is 12.0 Å². The molecule has 2 aliphatic rings. The zero-order chi connectivity index (χ0) is 13.3. The van der Waals surface area contributed by atoms with E-state index in [4.69, 9.17) is 9.84 Å². The van der Waals surface area contributed by atoms with Crippen LogP contribution >= 0.6 is 0 Å². The standard InChI is InChI=1S/C12H20N2O4/c1-7-3-14(4-8(7)2)12(17)13-10-6-18-5-9(10)11(15)16/h7-10H,3-6H2,1-2H3,(H,13,17)(H,15,16). The molecule has 0 bridgehead atoms. The lowest BCUT2D eigenvalue weighted by Crippen LogP contribution is -2.48. The summed E-state index contributed by atoms with van der Waals surface area (Å²) in [6.45, 7) is 6.17. The number of carboxylic acids is 1. The summed E-state index contributed by atoms with van der Waals surface area (Å²) in [6.07, 6.45) is 0. The Morgan fingerprint density at radius 3 is 2.39 bits per heavy atom. The molecule has 0 aromatic heterocycles. The van der Waals surface area contributed by atoms with Crippen LogP contribution in [-0.2, 0) is 9.53 Å². The third-order valence-corrected chi connectivity index (χ3v) is 3.98. The largest absolute Gasteiger partial charge is 0.481 e. The Balaban J connectivity index is 1.90. The summed E-state index contributed by atoms with van der Waals surface area (Å²) < 4.78 is 5.12. The van der Waals surface area contributed by atoms with E-state index in [1.807, 2.05) is 0 Å². The van der Waals surface area contributed by atoms with Crippen LogP contribution in [0.5, 0.6) is 0 Å². The van der Waals surface area contributed by atoms with Gasteiger partial charge < -0.3 is 20.1 Å². The smallest absolute Gasteiger partial charge is 0.317 e. The van der Waals surface area contributed by atoms with Gasteiger partial charge in [0.25, 0.3) is 0 Å². The molecule has 0 aromatic carbocycles. The molecule has 2 saturated heterocycles. The number of hydrogen-bond donors (Lipinski definition) is 2. The van der Waals surface area contributed by atoms with Crippen molar-refractivity contribution in [2.75, 3.05) is 26.3 Å². The lowest BCUT2D eigenvalue weighted by molar-refractivity contribution is -0.142. The number of ether oxygens (including phenoxy) is 1. The second kappa shape index (κ2) is 5.14. The number of likely N-dealkylation sites (tertiary alicyclic amines) is 1. The third kappa shape index (κ3) is 2.58. The van der Waals surface area contributed by atoms with Crippen LogP contribution in [-0.4, -0.2) is 54.4 Å². The number of nitrogens with one attached hydrogen (secondary N) is 1. The second-order valence-corrected chi connectivity index (χ2v) is 5.40. The van der Waals surface area contributed by atoms with Crippen LogP contribution in [0.15, 0.2) is 0 Å². The third-order valence-electron chi connectivity index (χ3n) is 3.98. The van der Waals surface area contributed by atoms with Gasteiger partial charge in [-0.3, -0.25) is 4.79 Å². The SMILES string of the molecule is CC1CN(C(=O)NC2COCC2C(=O)O)CC1C. The fraction of sp³-hybridized carbons (Fsp3) is 0.833. The molecule has 0 aliphatic carbocycles. The summed E-state index contributed by atoms with van der Waals surface area (Å²) in [5.41, 5.74) is 0. The molecular formula is C12H20N2O4. The molecule has 0 spiro atoms. The Morgan fingerprint density at radius 2 is 1.83 bits per heavy atom. The van der Waals surface area contributed by atoms with Crippen molar-refractivity contribution < 1.29 is 19.4 Å². The van der Waals surface area contributed by atoms with Gasteiger partial charge in [0.15, 0.2) is 0 Å². The van der Waals surface area contributed by atoms with Crippen molar-refractivity contribution in [2.24, 2.45) is 17.8 Å². The van der Waals surface area contributed by atoms with Crippen LogP contribution in [0.3, 0.4) is 0 Å². The average Bonchev–Trinajstić information content (AvgIpc) is 2.87. The van der Waals surface area contributed by atoms with Crippen LogP contribution in [0.1, 0.15) is 13.8 Å². The molecule has 102 valence electrons. The summed E-state index contributed by atoms with van der Waals surface area (Å²) in [6, 6.07) is -0.589. The maximum absolute atomic E-state index is 12.0. The van der Waals surface area contributed by atoms with Gasteiger partial charge in [0.1, 0.15) is 5.92 Å². The predicted octanol–water partition coefficient (Wildman–Crippen LogP) is 0.383. The van der Waals surface area contributed by atoms with E-state index in [-0.39, 0.29) is 19.2 Å². The van der Waals surface area contributed by atoms with Crippen LogP contribution in [0.25, 0.3) is 0 Å². The number of nitrogens with zero attached hydrogens (tertiary/aromatic N) is 1. The van der Waals surface area contributed by atoms with Gasteiger partial charge in [-0.05, 0) is 11.8 Å². The van der Waals surface area contributed by atoms with E-state index >= 15 is 0 Å². The van der Waals surface area contributed by atoms with Crippen molar-refractivity contribution in [1.82, 2.24) is 10.2 Å². The first-order valence-corrected chi connectivity index (χ1v) is 6.35. The molecular weight excluding hydrogens is 236 g/mol. The number of amides is 2. The molecule has 6 nitrogen and oxygen atoms in total. The Bertz CT molecular complexity index is 337. The summed E-state index contributed by atoms with van der Waals surface area (Å²) in [7, 11) is 0. The summed E-state index contributed by atoms with van der Waals surface area (Å²) in [5, 5.41) is 11.8. The van der Waals surface area contributed by atoms with Gasteiger partial charge in [0.05, 0.1) is 19.3 Å². The van der Waals surface area contributed by atoms with Crippen LogP contribution in [0.2, 0.25) is 0 Å². The first kappa shape index (κ1) is 13.1. The van der Waals surface area contributed by atoms with E-state index in [0.29, 0.717) is 11.8 Å². The van der Waals surface area contributed by atoms with Crippen molar-refractivity contribution >= 4 is 12.0 Å². The molecule has 2 rings (SSSR count). The van der Waals surface area contributed by atoms with Crippen LogP contribution in [0, 0.1) is 17.8 Å². The highest BCUT2D eigenvalue weighted by Gasteiger charge is 2.37. The van der Waals surface area contributed by atoms with Gasteiger partial charge in [-0.25, -0.2) is 4.79 Å². The Morgan fingerprint density at radius 1 is 1.22 bits per heavy atom. The van der Waals surface area contributed by atoms with E-state index in [9.17, 15) is 9.59 Å². The van der Waals surface area contributed by atoms with Crippen molar-refractivity contribution in [2.45, 2.75) is 19.9 Å². The van der Waals surface area contributed by atoms with Gasteiger partial charge in [-0.1, -0.05) is 13.8 Å². The fourth-order valence-electron chi connectivity index (χ4n) is 2.49. The van der Waals surface area contributed by atoms with E-state index in [1.165, 1.54) is 0 Å². The number of urea groups is 1. The second-order valence-electron chi connectivity index (χ2n) is 5.40. The molecule has 4 atom stereocenters. The van der Waals surface area contributed by atoms with Crippen LogP contribution < -0.4 is 5.32 Å². The quantitative estimate of drug-likeness (QED) is 0.749. The monoisotopic (exact) mass is 256 g/mol. The molecule has 2 aliphatic heterocycles. The molecule has 0 saturated carbocycles. The van der Waals surface area contributed by atoms with E-state index in [2.05, 4.69) is 19.2 Å². The number of carbonyl (C=O) groups excluding carboxylic acids is 1. The number of carboxylic acid groups (broad SMARTS) is 1. The summed E-state index contributed by atoms with van der Waals surface area (Å²) in [4.78, 5) is 24.8. The Kier molecular flexibility index (Phi) is 3.75. The normalized spacial score (nSPS) is 35.8. The predicted molar refractivity (Wildman–Crippen MR) is 64.2 cm³/mol. The molecule has 6 heteroatoms. The summed E-state index contributed by atoms with van der Waals surface area (Å²) >= 11 is 0. The average molecular weight is 256 g/mol. The van der Waals surface area contributed by atoms with Crippen molar-refractivity contribution in [3.63, 3.8) is 0 Å². The molecule has 2 fully saturated rings. The van der Waals surface area contributed by atoms with E-state index < -0.39 is 17.9 Å². The van der Waals surface area contributed by atoms with Gasteiger partial charge in [-0.15, -0.1) is 0 Å². The summed E-state index contributed by atoms with van der Waals surface area (Å²) in [5.74, 6) is -0.566. The van der Waals surface area contributed by atoms with Crippen molar-refractivity contribution in [3.8, 4) is 0 Å². The number of hydrogen-bond acceptors (Lipinski definition) is 3. The molecule has 2 amide bonds. The highest BCUT2D eigenvalue weighted by atomic mass is 16.5. The number of carbonyl (C=O) groups is 2. The molecule has 2 heterocycles. The van der Waals surface area contributed by atoms with E-state index in [1.54, 1.807) is 4.90 Å². The minimum Gasteiger partial charge on any atom is -0.481 e. The molecule has 4 unspecified atom stereocenters. The van der Waals surface area contributed by atoms with Gasteiger partial charge in [-0.2, -0.15) is 0 Å². The number of aliphatic carboxylic acids is 1. The lowest BCUT2D eigenvalue weighted by atomic mass is 10.0. The molecule has 0 radical (unpaired) electrons. The molecule has 18 heavy (non-hydrogen) atoms. The topological polar surface area (TPSA) is 78.9 Å². The molecule has 2 N–H and O–H groups in total. The zero-order valence-corrected chi connectivity index (χ0v) is 10.8. The number of rotatable bonds is 2. The van der Waals surface area contributed by atoms with Gasteiger partial charge in [0, 0.05) is 13.1 Å². The maximum Gasteiger partial charge on any atom is 0.317 e. The first-order chi connectivity index (χ1) is 8.49. The minimum absolute atomic E-state index is 0.173. The Hall–Kier alpha value is -1.30. The van der Waals surface area contributed by atoms with Gasteiger partial charge in [0.2, 0.25) is 0 Å². The minimum atomic E-state index is -0.916. The Labute approximate surface area is 106 Å². The lowest BCUT2D eigenvalue weighted by Gasteiger charge is -2.21. The van der Waals surface area contributed by atoms with Crippen molar-refractivity contribution in [1.29, 1.82) is 0 Å². The van der Waals surface area contributed by atoms with Crippen LogP contribution in [0.4, 0.5) is 4.79 Å².